The number of nitrogens with one attached hydrogen (secondary N) is 1. The van der Waals surface area contributed by atoms with Crippen molar-refractivity contribution in [3.63, 3.8) is 0 Å². The first-order valence-corrected chi connectivity index (χ1v) is 17.5. The predicted molar refractivity (Wildman–Crippen MR) is 136 cm³/mol. The molecule has 0 bridgehead atoms. The summed E-state index contributed by atoms with van der Waals surface area (Å²) >= 11 is 0. The maximum Gasteiger partial charge on any atom is 0.330 e. The summed E-state index contributed by atoms with van der Waals surface area (Å²) in [7, 11) is -4.68. The molecular formula is C23H41N3O6Si2. The van der Waals surface area contributed by atoms with Gasteiger partial charge >= 0.3 is 5.69 Å². The highest BCUT2D eigenvalue weighted by atomic mass is 28.4. The van der Waals surface area contributed by atoms with Gasteiger partial charge in [-0.05, 0) is 36.3 Å². The van der Waals surface area contributed by atoms with Crippen LogP contribution in [0.15, 0.2) is 21.9 Å². The zero-order valence-corrected chi connectivity index (χ0v) is 24.2. The molecule has 1 aliphatic rings. The van der Waals surface area contributed by atoms with E-state index >= 15 is 0 Å². The van der Waals surface area contributed by atoms with Gasteiger partial charge in [0.15, 0.2) is 22.9 Å². The lowest BCUT2D eigenvalue weighted by Crippen LogP contribution is -2.56. The standard InChI is InChI=1S/C23H41N3O6Si2/c1-21(2,3)33(7,8)30-15-16-23(29,12-13-24)18(32-34(9,10)22(4,5)6)19(31-16)26-14-11-17(27)25-20(26)28/h11,14,16,18-19,29H,12,15H2,1-10H3,(H,25,27,28)/t16-,18+,19-,23-/m1/s1. The van der Waals surface area contributed by atoms with Crippen LogP contribution in [0.2, 0.25) is 36.3 Å². The van der Waals surface area contributed by atoms with Crippen molar-refractivity contribution in [1.82, 2.24) is 9.55 Å². The molecule has 2 heterocycles. The van der Waals surface area contributed by atoms with Crippen LogP contribution in [0.3, 0.4) is 0 Å². The van der Waals surface area contributed by atoms with E-state index in [1.165, 1.54) is 16.8 Å². The van der Waals surface area contributed by atoms with Gasteiger partial charge in [-0.2, -0.15) is 5.26 Å². The summed E-state index contributed by atoms with van der Waals surface area (Å²) in [6.45, 7) is 20.9. The van der Waals surface area contributed by atoms with Gasteiger partial charge in [-0.3, -0.25) is 14.3 Å². The van der Waals surface area contributed by atoms with Crippen molar-refractivity contribution in [1.29, 1.82) is 5.26 Å². The van der Waals surface area contributed by atoms with E-state index in [1.807, 2.05) is 13.1 Å². The SMILES string of the molecule is CC(C)(C)[Si](C)(C)OC[C@H]1O[C@@H](n2ccc(=O)[nH]c2=O)[C@H](O[Si](C)(C)C(C)(C)C)[C@@]1(O)CC#N. The van der Waals surface area contributed by atoms with E-state index < -0.39 is 51.9 Å². The molecule has 34 heavy (non-hydrogen) atoms. The van der Waals surface area contributed by atoms with Gasteiger partial charge in [-0.25, -0.2) is 4.79 Å². The summed E-state index contributed by atoms with van der Waals surface area (Å²) in [5.74, 6) is 0. The quantitative estimate of drug-likeness (QED) is 0.537. The van der Waals surface area contributed by atoms with Crippen molar-refractivity contribution in [3.8, 4) is 6.07 Å². The summed E-state index contributed by atoms with van der Waals surface area (Å²) in [6, 6.07) is 3.29. The second-order valence-electron chi connectivity index (χ2n) is 12.2. The monoisotopic (exact) mass is 511 g/mol. The average Bonchev–Trinajstić information content (AvgIpc) is 2.90. The van der Waals surface area contributed by atoms with Crippen molar-refractivity contribution >= 4 is 16.6 Å². The maximum absolute atomic E-state index is 12.7. The van der Waals surface area contributed by atoms with E-state index in [-0.39, 0.29) is 23.1 Å². The van der Waals surface area contributed by atoms with Gasteiger partial charge in [0, 0.05) is 12.3 Å². The lowest BCUT2D eigenvalue weighted by Gasteiger charge is -2.43. The summed E-state index contributed by atoms with van der Waals surface area (Å²) < 4.78 is 20.4. The van der Waals surface area contributed by atoms with E-state index in [2.05, 4.69) is 65.7 Å². The van der Waals surface area contributed by atoms with Gasteiger partial charge in [0.25, 0.3) is 5.56 Å². The molecule has 1 aromatic rings. The number of nitriles is 1. The molecular weight excluding hydrogens is 470 g/mol. The van der Waals surface area contributed by atoms with E-state index in [0.717, 1.165) is 0 Å². The highest BCUT2D eigenvalue weighted by Crippen LogP contribution is 2.47. The Labute approximate surface area is 204 Å². The van der Waals surface area contributed by atoms with Crippen LogP contribution in [-0.2, 0) is 13.6 Å². The zero-order chi connectivity index (χ0) is 26.3. The molecule has 1 fully saturated rings. The van der Waals surface area contributed by atoms with Crippen LogP contribution in [0, 0.1) is 11.3 Å². The number of aliphatic hydroxyl groups is 1. The minimum absolute atomic E-state index is 0.0562. The molecule has 0 amide bonds. The van der Waals surface area contributed by atoms with Gasteiger partial charge in [-0.1, -0.05) is 41.5 Å². The second kappa shape index (κ2) is 9.48. The highest BCUT2D eigenvalue weighted by Gasteiger charge is 2.60. The van der Waals surface area contributed by atoms with E-state index in [1.54, 1.807) is 0 Å². The Kier molecular flexibility index (Phi) is 8.00. The molecule has 1 aliphatic heterocycles. The van der Waals surface area contributed by atoms with Crippen molar-refractivity contribution in [2.45, 2.75) is 108 Å². The van der Waals surface area contributed by atoms with E-state index in [9.17, 15) is 20.0 Å². The van der Waals surface area contributed by atoms with Crippen molar-refractivity contribution in [2.75, 3.05) is 6.61 Å². The molecule has 4 atom stereocenters. The Morgan fingerprint density at radius 3 is 2.18 bits per heavy atom. The smallest absolute Gasteiger partial charge is 0.330 e. The molecule has 2 N–H and O–H groups in total. The summed E-state index contributed by atoms with van der Waals surface area (Å²) in [6.07, 6.45) is -1.88. The van der Waals surface area contributed by atoms with Crippen LogP contribution in [0.1, 0.15) is 54.2 Å². The molecule has 0 saturated carbocycles. The number of nitrogens with zero attached hydrogens (tertiary/aromatic N) is 2. The maximum atomic E-state index is 12.7. The Balaban J connectivity index is 2.58. The number of ether oxygens (including phenoxy) is 1. The van der Waals surface area contributed by atoms with Crippen LogP contribution in [-0.4, -0.2) is 55.7 Å². The number of hydrogen-bond donors (Lipinski definition) is 2. The fourth-order valence-corrected chi connectivity index (χ4v) is 5.62. The Bertz CT molecular complexity index is 1030. The highest BCUT2D eigenvalue weighted by molar-refractivity contribution is 6.74. The van der Waals surface area contributed by atoms with Crippen LogP contribution in [0.4, 0.5) is 0 Å². The molecule has 0 aliphatic carbocycles. The average molecular weight is 512 g/mol. The van der Waals surface area contributed by atoms with Gasteiger partial charge in [-0.15, -0.1) is 0 Å². The fraction of sp³-hybridized carbons (Fsp3) is 0.783. The largest absolute Gasteiger partial charge is 0.414 e. The topological polar surface area (TPSA) is 127 Å². The zero-order valence-electron chi connectivity index (χ0n) is 22.2. The van der Waals surface area contributed by atoms with Crippen LogP contribution in [0.5, 0.6) is 0 Å². The Morgan fingerprint density at radius 2 is 1.71 bits per heavy atom. The number of rotatable bonds is 7. The lowest BCUT2D eigenvalue weighted by atomic mass is 9.89. The molecule has 9 nitrogen and oxygen atoms in total. The molecule has 0 radical (unpaired) electrons. The van der Waals surface area contributed by atoms with E-state index in [0.29, 0.717) is 0 Å². The third-order valence-corrected chi connectivity index (χ3v) is 16.7. The summed E-state index contributed by atoms with van der Waals surface area (Å²) in [5.41, 5.74) is -2.93. The fourth-order valence-electron chi connectivity index (χ4n) is 3.31. The molecule has 11 heteroatoms. The number of H-pyrrole nitrogens is 1. The first-order valence-electron chi connectivity index (χ1n) is 11.6. The van der Waals surface area contributed by atoms with Crippen LogP contribution >= 0.6 is 0 Å². The van der Waals surface area contributed by atoms with Gasteiger partial charge < -0.3 is 18.7 Å². The molecule has 1 aromatic heterocycles. The predicted octanol–water partition coefficient (Wildman–Crippen LogP) is 3.49. The molecule has 1 saturated heterocycles. The molecule has 2 rings (SSSR count). The number of hydrogen-bond acceptors (Lipinski definition) is 7. The summed E-state index contributed by atoms with van der Waals surface area (Å²) in [5, 5.41) is 21.3. The van der Waals surface area contributed by atoms with Gasteiger partial charge in [0.05, 0.1) is 19.1 Å². The minimum Gasteiger partial charge on any atom is -0.414 e. The van der Waals surface area contributed by atoms with Crippen molar-refractivity contribution in [3.05, 3.63) is 33.1 Å². The first-order chi connectivity index (χ1) is 15.3. The van der Waals surface area contributed by atoms with E-state index in [4.69, 9.17) is 13.6 Å². The second-order valence-corrected chi connectivity index (χ2v) is 21.8. The third-order valence-electron chi connectivity index (χ3n) is 7.73. The van der Waals surface area contributed by atoms with Crippen molar-refractivity contribution < 1.29 is 18.7 Å². The lowest BCUT2D eigenvalue weighted by molar-refractivity contribution is -0.0854. The molecule has 0 aromatic carbocycles. The van der Waals surface area contributed by atoms with Gasteiger partial charge in [0.2, 0.25) is 0 Å². The Morgan fingerprint density at radius 1 is 1.15 bits per heavy atom. The summed E-state index contributed by atoms with van der Waals surface area (Å²) in [4.78, 5) is 26.6. The molecule has 0 unspecified atom stereocenters. The number of aromatic nitrogens is 2. The number of aromatic amines is 1. The minimum atomic E-state index is -2.48. The third kappa shape index (κ3) is 5.63. The van der Waals surface area contributed by atoms with Crippen LogP contribution in [0.25, 0.3) is 0 Å². The Hall–Kier alpha value is -1.56. The van der Waals surface area contributed by atoms with Gasteiger partial charge in [0.1, 0.15) is 17.8 Å². The van der Waals surface area contributed by atoms with Crippen molar-refractivity contribution in [2.24, 2.45) is 0 Å². The van der Waals surface area contributed by atoms with Crippen LogP contribution < -0.4 is 11.2 Å². The molecule has 192 valence electrons. The molecule has 0 spiro atoms. The first kappa shape index (κ1) is 28.7. The normalized spacial score (nSPS) is 26.5.